The lowest BCUT2D eigenvalue weighted by atomic mass is 10.0. The van der Waals surface area contributed by atoms with Crippen LogP contribution in [0.3, 0.4) is 0 Å². The number of carbonyl (C=O) groups excluding carboxylic acids is 2. The molecule has 0 fully saturated rings. The molecule has 0 aliphatic carbocycles. The number of halogens is 1. The van der Waals surface area contributed by atoms with Crippen molar-refractivity contribution in [3.8, 4) is 11.8 Å². The Morgan fingerprint density at radius 2 is 1.97 bits per heavy atom. The molecule has 0 heterocycles. The van der Waals surface area contributed by atoms with Crippen LogP contribution in [-0.2, 0) is 9.53 Å². The van der Waals surface area contributed by atoms with Crippen LogP contribution in [0.5, 0.6) is 5.75 Å². The molecule has 0 bridgehead atoms. The monoisotopic (exact) mass is 473 g/mol. The van der Waals surface area contributed by atoms with Crippen molar-refractivity contribution < 1.29 is 24.6 Å². The second-order valence-electron chi connectivity index (χ2n) is 6.22. The molecule has 2 aromatic rings. The van der Waals surface area contributed by atoms with Crippen molar-refractivity contribution in [3.63, 3.8) is 0 Å². The van der Waals surface area contributed by atoms with E-state index >= 15 is 0 Å². The van der Waals surface area contributed by atoms with Crippen molar-refractivity contribution in [3.05, 3.63) is 70.2 Å². The lowest BCUT2D eigenvalue weighted by Crippen LogP contribution is -2.18. The van der Waals surface area contributed by atoms with Crippen molar-refractivity contribution in [2.24, 2.45) is 0 Å². The van der Waals surface area contributed by atoms with Gasteiger partial charge in [-0.25, -0.2) is 10.3 Å². The predicted molar refractivity (Wildman–Crippen MR) is 113 cm³/mol. The van der Waals surface area contributed by atoms with E-state index in [1.807, 2.05) is 6.07 Å². The van der Waals surface area contributed by atoms with Crippen LogP contribution in [0.15, 0.2) is 59.1 Å². The summed E-state index contributed by atoms with van der Waals surface area (Å²) >= 11 is 3.34. The number of amides is 2. The molecule has 8 nitrogen and oxygen atoms in total. The molecule has 0 saturated carbocycles. The fraction of sp³-hybridized carbons (Fsp3) is 0.190. The zero-order chi connectivity index (χ0) is 21.9. The van der Waals surface area contributed by atoms with Crippen molar-refractivity contribution >= 4 is 33.6 Å². The molecular weight excluding hydrogens is 454 g/mol. The lowest BCUT2D eigenvalue weighted by Gasteiger charge is -2.20. The summed E-state index contributed by atoms with van der Waals surface area (Å²) in [5.74, 6) is -0.640. The first-order valence-corrected chi connectivity index (χ1v) is 9.79. The number of rotatable bonds is 8. The van der Waals surface area contributed by atoms with Crippen LogP contribution in [0.2, 0.25) is 0 Å². The maximum atomic E-state index is 12.4. The molecule has 0 aliphatic heterocycles. The number of hydrogen-bond acceptors (Lipinski definition) is 6. The van der Waals surface area contributed by atoms with E-state index in [-0.39, 0.29) is 5.75 Å². The minimum Gasteiger partial charge on any atom is -0.508 e. The number of hydroxylamine groups is 1. The summed E-state index contributed by atoms with van der Waals surface area (Å²) in [4.78, 5) is 23.4. The zero-order valence-electron chi connectivity index (χ0n) is 15.8. The summed E-state index contributed by atoms with van der Waals surface area (Å²) in [6, 6.07) is 13.2. The summed E-state index contributed by atoms with van der Waals surface area (Å²) < 4.78 is 6.26. The molecule has 30 heavy (non-hydrogen) atoms. The zero-order valence-corrected chi connectivity index (χ0v) is 17.4. The highest BCUT2D eigenvalue weighted by Crippen LogP contribution is 2.33. The van der Waals surface area contributed by atoms with E-state index in [4.69, 9.17) is 15.2 Å². The van der Waals surface area contributed by atoms with E-state index in [9.17, 15) is 14.7 Å². The molecular formula is C21H20BrN3O5. The van der Waals surface area contributed by atoms with Crippen LogP contribution in [0, 0.1) is 11.3 Å². The van der Waals surface area contributed by atoms with Crippen molar-refractivity contribution in [2.75, 3.05) is 5.32 Å². The first-order chi connectivity index (χ1) is 14.4. The summed E-state index contributed by atoms with van der Waals surface area (Å²) in [5.41, 5.74) is 2.88. The number of unbranched alkanes of at least 4 members (excludes halogenated alkanes) is 1. The number of nitriles is 1. The number of hydrogen-bond donors (Lipinski definition) is 4. The Balaban J connectivity index is 2.07. The molecule has 0 radical (unpaired) electrons. The maximum Gasteiger partial charge on any atom is 0.412 e. The molecule has 0 spiro atoms. The van der Waals surface area contributed by atoms with Gasteiger partial charge in [0.05, 0.1) is 11.6 Å². The van der Waals surface area contributed by atoms with Gasteiger partial charge in [-0.05, 0) is 61.7 Å². The highest BCUT2D eigenvalue weighted by molar-refractivity contribution is 9.10. The van der Waals surface area contributed by atoms with E-state index in [0.29, 0.717) is 36.1 Å². The van der Waals surface area contributed by atoms with E-state index < -0.39 is 18.1 Å². The number of phenols is 1. The molecule has 2 aromatic carbocycles. The Kier molecular flexibility index (Phi) is 8.87. The van der Waals surface area contributed by atoms with Crippen LogP contribution in [0.25, 0.3) is 0 Å². The van der Waals surface area contributed by atoms with Gasteiger partial charge in [0.1, 0.15) is 11.9 Å². The topological polar surface area (TPSA) is 132 Å². The third kappa shape index (κ3) is 7.24. The quantitative estimate of drug-likeness (QED) is 0.192. The van der Waals surface area contributed by atoms with E-state index in [1.165, 1.54) is 17.6 Å². The molecule has 2 rings (SSSR count). The number of carbonyl (C=O) groups is 2. The van der Waals surface area contributed by atoms with Gasteiger partial charge in [-0.15, -0.1) is 0 Å². The standard InChI is InChI=1S/C21H20BrN3O5/c22-15-8-11-18(26)17(12-15)19(4-2-1-3-5-20(27)25-29)30-21(28)24-16-9-6-14(13-23)7-10-16/h3,5-12,19,26,29H,1-2,4H2,(H,24,28)(H,25,27)/b5-3+/t19-/m0/s1. The van der Waals surface area contributed by atoms with Gasteiger partial charge >= 0.3 is 6.09 Å². The summed E-state index contributed by atoms with van der Waals surface area (Å²) in [6.45, 7) is 0. The Labute approximate surface area is 181 Å². The molecule has 0 unspecified atom stereocenters. The van der Waals surface area contributed by atoms with Gasteiger partial charge in [0.25, 0.3) is 5.91 Å². The Hall–Kier alpha value is -3.35. The molecule has 0 saturated heterocycles. The van der Waals surface area contributed by atoms with Gasteiger partial charge in [0.2, 0.25) is 0 Å². The molecule has 1 atom stereocenters. The molecule has 2 amide bonds. The number of ether oxygens (including phenoxy) is 1. The van der Waals surface area contributed by atoms with Crippen LogP contribution < -0.4 is 10.8 Å². The normalized spacial score (nSPS) is 11.5. The first-order valence-electron chi connectivity index (χ1n) is 8.99. The number of aromatic hydroxyl groups is 1. The Bertz CT molecular complexity index is 954. The number of nitrogens with zero attached hydrogens (tertiary/aromatic N) is 1. The molecule has 4 N–H and O–H groups in total. The van der Waals surface area contributed by atoms with E-state index in [2.05, 4.69) is 21.2 Å². The number of allylic oxidation sites excluding steroid dienone is 1. The van der Waals surface area contributed by atoms with Gasteiger partial charge in [0, 0.05) is 21.8 Å². The first kappa shape index (κ1) is 22.9. The van der Waals surface area contributed by atoms with Gasteiger partial charge in [0.15, 0.2) is 0 Å². The maximum absolute atomic E-state index is 12.4. The van der Waals surface area contributed by atoms with Crippen molar-refractivity contribution in [1.29, 1.82) is 5.26 Å². The third-order valence-corrected chi connectivity index (χ3v) is 4.56. The molecule has 0 aromatic heterocycles. The largest absolute Gasteiger partial charge is 0.508 e. The fourth-order valence-electron chi connectivity index (χ4n) is 2.61. The molecule has 156 valence electrons. The van der Waals surface area contributed by atoms with Crippen molar-refractivity contribution in [2.45, 2.75) is 25.4 Å². The van der Waals surface area contributed by atoms with Crippen LogP contribution in [-0.4, -0.2) is 22.3 Å². The van der Waals surface area contributed by atoms with E-state index in [0.717, 1.165) is 4.47 Å². The number of benzene rings is 2. The number of nitrogens with one attached hydrogen (secondary N) is 2. The lowest BCUT2D eigenvalue weighted by molar-refractivity contribution is -0.124. The second kappa shape index (κ2) is 11.6. The fourth-order valence-corrected chi connectivity index (χ4v) is 2.99. The summed E-state index contributed by atoms with van der Waals surface area (Å²) in [6.07, 6.45) is 2.77. The third-order valence-electron chi connectivity index (χ3n) is 4.06. The van der Waals surface area contributed by atoms with Gasteiger partial charge < -0.3 is 9.84 Å². The minimum absolute atomic E-state index is 0.00965. The number of phenolic OH excluding ortho intramolecular Hbond substituents is 1. The highest BCUT2D eigenvalue weighted by atomic mass is 79.9. The number of anilines is 1. The highest BCUT2D eigenvalue weighted by Gasteiger charge is 2.20. The van der Waals surface area contributed by atoms with Crippen molar-refractivity contribution in [1.82, 2.24) is 5.48 Å². The van der Waals surface area contributed by atoms with Crippen LogP contribution in [0.1, 0.15) is 36.5 Å². The van der Waals surface area contributed by atoms with Gasteiger partial charge in [-0.1, -0.05) is 22.0 Å². The van der Waals surface area contributed by atoms with Gasteiger partial charge in [-0.3, -0.25) is 15.3 Å². The van der Waals surface area contributed by atoms with Gasteiger partial charge in [-0.2, -0.15) is 5.26 Å². The second-order valence-corrected chi connectivity index (χ2v) is 7.14. The molecule has 9 heteroatoms. The van der Waals surface area contributed by atoms with Crippen LogP contribution in [0.4, 0.5) is 10.5 Å². The predicted octanol–water partition coefficient (Wildman–Crippen LogP) is 4.55. The Morgan fingerprint density at radius 1 is 1.23 bits per heavy atom. The molecule has 0 aliphatic rings. The minimum atomic E-state index is -0.735. The van der Waals surface area contributed by atoms with Crippen LogP contribution >= 0.6 is 15.9 Å². The SMILES string of the molecule is N#Cc1ccc(NC(=O)O[C@@H](CCC/C=C/C(=O)NO)c2cc(Br)ccc2O)cc1. The summed E-state index contributed by atoms with van der Waals surface area (Å²) in [7, 11) is 0. The average Bonchev–Trinajstić information content (AvgIpc) is 2.74. The average molecular weight is 474 g/mol. The Morgan fingerprint density at radius 3 is 2.63 bits per heavy atom. The van der Waals surface area contributed by atoms with E-state index in [1.54, 1.807) is 42.5 Å². The summed E-state index contributed by atoms with van der Waals surface area (Å²) in [5, 5.41) is 30.1. The smallest absolute Gasteiger partial charge is 0.412 e.